The summed E-state index contributed by atoms with van der Waals surface area (Å²) in [7, 11) is 0. The first-order valence-corrected chi connectivity index (χ1v) is 6.38. The van der Waals surface area contributed by atoms with Gasteiger partial charge in [-0.15, -0.1) is 0 Å². The van der Waals surface area contributed by atoms with E-state index in [2.05, 4.69) is 4.98 Å². The SMILES string of the molecule is Cc1ccccc1-c1cc(Cl)c2cccnc2c1O. The van der Waals surface area contributed by atoms with Crippen molar-refractivity contribution < 1.29 is 5.11 Å². The third-order valence-electron chi connectivity index (χ3n) is 3.25. The molecule has 3 rings (SSSR count). The molecule has 1 N–H and O–H groups in total. The molecule has 3 heteroatoms. The number of phenolic OH excluding ortho intramolecular Hbond substituents is 1. The van der Waals surface area contributed by atoms with Crippen molar-refractivity contribution in [2.75, 3.05) is 0 Å². The van der Waals surface area contributed by atoms with Gasteiger partial charge < -0.3 is 5.11 Å². The van der Waals surface area contributed by atoms with Gasteiger partial charge in [-0.1, -0.05) is 35.9 Å². The molecule has 0 unspecified atom stereocenters. The number of pyridine rings is 1. The largest absolute Gasteiger partial charge is 0.505 e. The molecule has 0 aliphatic carbocycles. The molecule has 0 atom stereocenters. The van der Waals surface area contributed by atoms with Crippen molar-refractivity contribution in [2.24, 2.45) is 0 Å². The number of rotatable bonds is 1. The van der Waals surface area contributed by atoms with Gasteiger partial charge in [0.2, 0.25) is 0 Å². The number of aryl methyl sites for hydroxylation is 1. The van der Waals surface area contributed by atoms with Crippen LogP contribution in [0.5, 0.6) is 5.75 Å². The fraction of sp³-hybridized carbons (Fsp3) is 0.0625. The maximum Gasteiger partial charge on any atom is 0.149 e. The maximum atomic E-state index is 10.4. The van der Waals surface area contributed by atoms with Crippen LogP contribution >= 0.6 is 11.6 Å². The molecule has 0 aliphatic heterocycles. The molecule has 0 aliphatic rings. The molecule has 94 valence electrons. The first-order valence-electron chi connectivity index (χ1n) is 6.00. The second-order valence-electron chi connectivity index (χ2n) is 4.47. The molecule has 1 aromatic heterocycles. The van der Waals surface area contributed by atoms with Crippen molar-refractivity contribution >= 4 is 22.5 Å². The minimum atomic E-state index is 0.175. The summed E-state index contributed by atoms with van der Waals surface area (Å²) in [6.45, 7) is 2.01. The second kappa shape index (κ2) is 4.56. The van der Waals surface area contributed by atoms with Gasteiger partial charge in [-0.05, 0) is 36.2 Å². The van der Waals surface area contributed by atoms with E-state index in [4.69, 9.17) is 11.6 Å². The first-order chi connectivity index (χ1) is 9.18. The van der Waals surface area contributed by atoms with Gasteiger partial charge in [0, 0.05) is 17.1 Å². The van der Waals surface area contributed by atoms with E-state index in [0.717, 1.165) is 16.5 Å². The van der Waals surface area contributed by atoms with Crippen LogP contribution < -0.4 is 0 Å². The summed E-state index contributed by atoms with van der Waals surface area (Å²) in [4.78, 5) is 4.22. The average molecular weight is 270 g/mol. The number of nitrogens with zero attached hydrogens (tertiary/aromatic N) is 1. The molecule has 0 bridgehead atoms. The van der Waals surface area contributed by atoms with E-state index in [1.807, 2.05) is 37.3 Å². The standard InChI is InChI=1S/C16H12ClNO/c1-10-5-2-3-6-11(10)13-9-14(17)12-7-4-8-18-15(12)16(13)19/h2-9,19H,1H3. The monoisotopic (exact) mass is 269 g/mol. The molecular formula is C16H12ClNO. The second-order valence-corrected chi connectivity index (χ2v) is 4.88. The van der Waals surface area contributed by atoms with Gasteiger partial charge in [-0.2, -0.15) is 0 Å². The van der Waals surface area contributed by atoms with Crippen LogP contribution in [0.25, 0.3) is 22.0 Å². The van der Waals surface area contributed by atoms with Crippen molar-refractivity contribution in [1.82, 2.24) is 4.98 Å². The number of fused-ring (bicyclic) bond motifs is 1. The highest BCUT2D eigenvalue weighted by Gasteiger charge is 2.13. The molecule has 0 spiro atoms. The number of hydrogen-bond acceptors (Lipinski definition) is 2. The Hall–Kier alpha value is -2.06. The van der Waals surface area contributed by atoms with Crippen LogP contribution in [0.15, 0.2) is 48.7 Å². The Bertz CT molecular complexity index is 768. The van der Waals surface area contributed by atoms with Gasteiger partial charge in [-0.25, -0.2) is 0 Å². The first kappa shape index (κ1) is 12.0. The lowest BCUT2D eigenvalue weighted by Gasteiger charge is -2.11. The normalized spacial score (nSPS) is 10.8. The Balaban J connectivity index is 2.38. The van der Waals surface area contributed by atoms with Crippen molar-refractivity contribution in [1.29, 1.82) is 0 Å². The fourth-order valence-electron chi connectivity index (χ4n) is 2.27. The molecule has 1 heterocycles. The van der Waals surface area contributed by atoms with Crippen molar-refractivity contribution in [2.45, 2.75) is 6.92 Å². The average Bonchev–Trinajstić information content (AvgIpc) is 2.44. The van der Waals surface area contributed by atoms with Crippen molar-refractivity contribution in [3.63, 3.8) is 0 Å². The smallest absolute Gasteiger partial charge is 0.149 e. The van der Waals surface area contributed by atoms with E-state index in [-0.39, 0.29) is 5.75 Å². The predicted molar refractivity (Wildman–Crippen MR) is 78.6 cm³/mol. The Kier molecular flexibility index (Phi) is 2.88. The van der Waals surface area contributed by atoms with Crippen LogP contribution in [-0.2, 0) is 0 Å². The van der Waals surface area contributed by atoms with Crippen molar-refractivity contribution in [3.05, 3.63) is 59.2 Å². The molecule has 19 heavy (non-hydrogen) atoms. The number of phenols is 1. The Labute approximate surface area is 116 Å². The Morgan fingerprint density at radius 3 is 2.63 bits per heavy atom. The molecule has 2 nitrogen and oxygen atoms in total. The summed E-state index contributed by atoms with van der Waals surface area (Å²) in [5, 5.41) is 11.8. The van der Waals surface area contributed by atoms with Crippen LogP contribution in [0, 0.1) is 6.92 Å². The van der Waals surface area contributed by atoms with Crippen LogP contribution in [0.4, 0.5) is 0 Å². The number of hydrogen-bond donors (Lipinski definition) is 1. The number of aromatic nitrogens is 1. The zero-order valence-corrected chi connectivity index (χ0v) is 11.1. The highest BCUT2D eigenvalue weighted by atomic mass is 35.5. The maximum absolute atomic E-state index is 10.4. The molecule has 3 aromatic rings. The number of aromatic hydroxyl groups is 1. The molecule has 0 radical (unpaired) electrons. The quantitative estimate of drug-likeness (QED) is 0.702. The number of benzene rings is 2. The van der Waals surface area contributed by atoms with E-state index in [1.165, 1.54) is 0 Å². The molecule has 0 saturated heterocycles. The van der Waals surface area contributed by atoms with E-state index in [9.17, 15) is 5.11 Å². The summed E-state index contributed by atoms with van der Waals surface area (Å²) in [6, 6.07) is 13.3. The molecule has 0 saturated carbocycles. The van der Waals surface area contributed by atoms with Crippen LogP contribution in [0.2, 0.25) is 5.02 Å². The predicted octanol–water partition coefficient (Wildman–Crippen LogP) is 4.57. The molecular weight excluding hydrogens is 258 g/mol. The van der Waals surface area contributed by atoms with Gasteiger partial charge in [0.05, 0.1) is 5.02 Å². The Morgan fingerprint density at radius 2 is 1.84 bits per heavy atom. The lowest BCUT2D eigenvalue weighted by Crippen LogP contribution is -1.87. The topological polar surface area (TPSA) is 33.1 Å². The van der Waals surface area contributed by atoms with E-state index in [0.29, 0.717) is 16.1 Å². The molecule has 0 fully saturated rings. The van der Waals surface area contributed by atoms with Gasteiger partial charge in [-0.3, -0.25) is 4.98 Å². The molecule has 2 aromatic carbocycles. The zero-order chi connectivity index (χ0) is 13.4. The highest BCUT2D eigenvalue weighted by molar-refractivity contribution is 6.36. The zero-order valence-electron chi connectivity index (χ0n) is 10.4. The summed E-state index contributed by atoms with van der Waals surface area (Å²) in [5.41, 5.74) is 3.31. The minimum absolute atomic E-state index is 0.175. The Morgan fingerprint density at radius 1 is 1.05 bits per heavy atom. The van der Waals surface area contributed by atoms with Gasteiger partial charge in [0.1, 0.15) is 11.3 Å². The van der Waals surface area contributed by atoms with Gasteiger partial charge in [0.15, 0.2) is 0 Å². The summed E-state index contributed by atoms with van der Waals surface area (Å²) < 4.78 is 0. The highest BCUT2D eigenvalue weighted by Crippen LogP contribution is 2.39. The van der Waals surface area contributed by atoms with Crippen LogP contribution in [0.3, 0.4) is 0 Å². The summed E-state index contributed by atoms with van der Waals surface area (Å²) in [6.07, 6.45) is 1.65. The third kappa shape index (κ3) is 1.94. The van der Waals surface area contributed by atoms with Gasteiger partial charge in [0.25, 0.3) is 0 Å². The van der Waals surface area contributed by atoms with E-state index >= 15 is 0 Å². The summed E-state index contributed by atoms with van der Waals surface area (Å²) in [5.74, 6) is 0.175. The van der Waals surface area contributed by atoms with E-state index in [1.54, 1.807) is 18.3 Å². The van der Waals surface area contributed by atoms with Crippen molar-refractivity contribution in [3.8, 4) is 16.9 Å². The van der Waals surface area contributed by atoms with Crippen LogP contribution in [-0.4, -0.2) is 10.1 Å². The van der Waals surface area contributed by atoms with E-state index < -0.39 is 0 Å². The van der Waals surface area contributed by atoms with Crippen LogP contribution in [0.1, 0.15) is 5.56 Å². The fourth-order valence-corrected chi connectivity index (χ4v) is 2.53. The third-order valence-corrected chi connectivity index (χ3v) is 3.56. The van der Waals surface area contributed by atoms with Gasteiger partial charge >= 0.3 is 0 Å². The molecule has 0 amide bonds. The lowest BCUT2D eigenvalue weighted by atomic mass is 9.98. The number of halogens is 1. The summed E-state index contributed by atoms with van der Waals surface area (Å²) >= 11 is 6.29. The minimum Gasteiger partial charge on any atom is -0.505 e. The lowest BCUT2D eigenvalue weighted by molar-refractivity contribution is 0.482.